The minimum Gasteiger partial charge on any atom is -0.461 e. The van der Waals surface area contributed by atoms with Crippen LogP contribution in [-0.4, -0.2) is 37.2 Å². The van der Waals surface area contributed by atoms with Gasteiger partial charge in [0.1, 0.15) is 5.69 Å². The van der Waals surface area contributed by atoms with Crippen LogP contribution in [0.15, 0.2) is 41.7 Å². The van der Waals surface area contributed by atoms with E-state index in [0.29, 0.717) is 0 Å². The molecule has 0 spiro atoms. The number of ether oxygens (including phenoxy) is 1. The van der Waals surface area contributed by atoms with E-state index in [1.54, 1.807) is 20.8 Å². The third-order valence-electron chi connectivity index (χ3n) is 3.41. The third kappa shape index (κ3) is 3.65. The Morgan fingerprint density at radius 3 is 2.46 bits per heavy atom. The maximum absolute atomic E-state index is 12.3. The highest BCUT2D eigenvalue weighted by atomic mass is 32.2. The van der Waals surface area contributed by atoms with Crippen molar-refractivity contribution in [2.45, 2.75) is 32.0 Å². The molecule has 0 amide bonds. The molecule has 1 atom stereocenters. The van der Waals surface area contributed by atoms with Crippen molar-refractivity contribution in [3.63, 3.8) is 0 Å². The highest BCUT2D eigenvalue weighted by molar-refractivity contribution is 7.86. The Morgan fingerprint density at radius 2 is 1.88 bits per heavy atom. The van der Waals surface area contributed by atoms with Gasteiger partial charge in [0.25, 0.3) is 5.16 Å². The van der Waals surface area contributed by atoms with Gasteiger partial charge < -0.3 is 4.74 Å². The van der Waals surface area contributed by atoms with Crippen molar-refractivity contribution in [3.8, 4) is 0 Å². The van der Waals surface area contributed by atoms with Gasteiger partial charge in [-0.15, -0.1) is 0 Å². The molecular weight excluding hydrogens is 332 g/mol. The molecule has 0 aliphatic carbocycles. The zero-order valence-electron chi connectivity index (χ0n) is 13.8. The van der Waals surface area contributed by atoms with Crippen LogP contribution in [0.4, 0.5) is 0 Å². The second-order valence-electron chi connectivity index (χ2n) is 4.96. The summed E-state index contributed by atoms with van der Waals surface area (Å²) in [6.07, 6.45) is 1.20. The van der Waals surface area contributed by atoms with Gasteiger partial charge >= 0.3 is 16.1 Å². The van der Waals surface area contributed by atoms with Crippen molar-refractivity contribution in [1.29, 1.82) is 0 Å². The number of imidazole rings is 1. The van der Waals surface area contributed by atoms with Gasteiger partial charge in [-0.25, -0.2) is 9.78 Å². The number of hydrogen-bond acceptors (Lipinski definition) is 6. The molecule has 2 rings (SSSR count). The molecule has 7 nitrogen and oxygen atoms in total. The van der Waals surface area contributed by atoms with E-state index in [1.165, 1.54) is 10.8 Å². The number of nitrogens with zero attached hydrogens (tertiary/aromatic N) is 2. The van der Waals surface area contributed by atoms with Crippen LogP contribution in [0.25, 0.3) is 0 Å². The quantitative estimate of drug-likeness (QED) is 0.562. The highest BCUT2D eigenvalue weighted by Gasteiger charge is 2.30. The van der Waals surface area contributed by atoms with E-state index in [4.69, 9.17) is 8.92 Å². The first-order valence-corrected chi connectivity index (χ1v) is 9.01. The fourth-order valence-corrected chi connectivity index (χ4v) is 3.44. The van der Waals surface area contributed by atoms with Gasteiger partial charge in [-0.1, -0.05) is 30.3 Å². The zero-order chi connectivity index (χ0) is 17.7. The van der Waals surface area contributed by atoms with Crippen molar-refractivity contribution in [2.24, 2.45) is 0 Å². The molecule has 1 heterocycles. The van der Waals surface area contributed by atoms with Crippen LogP contribution in [0.5, 0.6) is 0 Å². The van der Waals surface area contributed by atoms with E-state index in [0.717, 1.165) is 5.56 Å². The van der Waals surface area contributed by atoms with Crippen LogP contribution >= 0.6 is 0 Å². The number of hydrogen-bond donors (Lipinski definition) is 0. The van der Waals surface area contributed by atoms with E-state index in [1.807, 2.05) is 30.3 Å². The Kier molecular flexibility index (Phi) is 5.74. The van der Waals surface area contributed by atoms with Crippen molar-refractivity contribution in [3.05, 3.63) is 47.8 Å². The van der Waals surface area contributed by atoms with Crippen LogP contribution in [0.1, 0.15) is 42.9 Å². The van der Waals surface area contributed by atoms with Gasteiger partial charge in [-0.2, -0.15) is 8.42 Å². The summed E-state index contributed by atoms with van der Waals surface area (Å²) >= 11 is 0. The van der Waals surface area contributed by atoms with E-state index < -0.39 is 22.1 Å². The molecule has 2 aromatic rings. The number of carbonyl (C=O) groups is 1. The van der Waals surface area contributed by atoms with Crippen molar-refractivity contribution >= 4 is 16.1 Å². The van der Waals surface area contributed by atoms with Crippen LogP contribution in [0.2, 0.25) is 0 Å². The molecule has 0 saturated heterocycles. The minimum atomic E-state index is -4.08. The number of carbonyl (C=O) groups excluding carboxylic acids is 1. The lowest BCUT2D eigenvalue weighted by atomic mass is 10.1. The highest BCUT2D eigenvalue weighted by Crippen LogP contribution is 2.25. The van der Waals surface area contributed by atoms with E-state index >= 15 is 0 Å². The van der Waals surface area contributed by atoms with Crippen LogP contribution in [0, 0.1) is 0 Å². The Bertz CT molecular complexity index is 799. The second kappa shape index (κ2) is 7.59. The van der Waals surface area contributed by atoms with Crippen LogP contribution < -0.4 is 0 Å². The molecule has 0 radical (unpaired) electrons. The molecule has 130 valence electrons. The Hall–Kier alpha value is -2.19. The summed E-state index contributed by atoms with van der Waals surface area (Å²) in [5.41, 5.74) is 0.889. The number of rotatable bonds is 7. The average Bonchev–Trinajstić information content (AvgIpc) is 3.01. The summed E-state index contributed by atoms with van der Waals surface area (Å²) in [5.74, 6) is -0.634. The van der Waals surface area contributed by atoms with Gasteiger partial charge in [0.05, 0.1) is 25.5 Å². The molecule has 0 N–H and O–H groups in total. The van der Waals surface area contributed by atoms with Crippen molar-refractivity contribution in [1.82, 2.24) is 9.55 Å². The SMILES string of the molecule is CCOC(=O)c1cnc(S(=O)(=O)OCC)n1[C@H](C)c1ccccc1. The van der Waals surface area contributed by atoms with E-state index in [-0.39, 0.29) is 24.1 Å². The first kappa shape index (κ1) is 18.2. The smallest absolute Gasteiger partial charge is 0.356 e. The van der Waals surface area contributed by atoms with Gasteiger partial charge in [0, 0.05) is 0 Å². The zero-order valence-corrected chi connectivity index (χ0v) is 14.6. The lowest BCUT2D eigenvalue weighted by Gasteiger charge is -2.19. The number of benzene rings is 1. The molecular formula is C16H20N2O5S. The lowest BCUT2D eigenvalue weighted by molar-refractivity contribution is 0.0511. The second-order valence-corrected chi connectivity index (χ2v) is 6.47. The van der Waals surface area contributed by atoms with Crippen LogP contribution in [0.3, 0.4) is 0 Å². The predicted octanol–water partition coefficient (Wildman–Crippen LogP) is 2.39. The molecule has 0 saturated carbocycles. The minimum absolute atomic E-state index is 0.0242. The topological polar surface area (TPSA) is 87.5 Å². The summed E-state index contributed by atoms with van der Waals surface area (Å²) < 4.78 is 35.8. The van der Waals surface area contributed by atoms with Gasteiger partial charge in [0.15, 0.2) is 0 Å². The first-order valence-electron chi connectivity index (χ1n) is 7.61. The first-order chi connectivity index (χ1) is 11.4. The van der Waals surface area contributed by atoms with Gasteiger partial charge in [-0.3, -0.25) is 8.75 Å². The largest absolute Gasteiger partial charge is 0.461 e. The monoisotopic (exact) mass is 352 g/mol. The molecule has 0 bridgehead atoms. The third-order valence-corrected chi connectivity index (χ3v) is 4.71. The predicted molar refractivity (Wildman–Crippen MR) is 87.3 cm³/mol. The Balaban J connectivity index is 2.60. The molecule has 0 fully saturated rings. The molecule has 8 heteroatoms. The number of aromatic nitrogens is 2. The van der Waals surface area contributed by atoms with E-state index in [2.05, 4.69) is 4.98 Å². The maximum atomic E-state index is 12.3. The summed E-state index contributed by atoms with van der Waals surface area (Å²) in [4.78, 5) is 16.1. The lowest BCUT2D eigenvalue weighted by Crippen LogP contribution is -2.21. The van der Waals surface area contributed by atoms with Crippen molar-refractivity contribution < 1.29 is 22.1 Å². The van der Waals surface area contributed by atoms with E-state index in [9.17, 15) is 13.2 Å². The molecule has 24 heavy (non-hydrogen) atoms. The maximum Gasteiger partial charge on any atom is 0.356 e. The fourth-order valence-electron chi connectivity index (χ4n) is 2.35. The summed E-state index contributed by atoms with van der Waals surface area (Å²) in [5, 5.41) is -0.316. The standard InChI is InChI=1S/C16H20N2O5S/c1-4-22-15(19)14-11-17-16(24(20,21)23-5-2)18(14)12(3)13-9-7-6-8-10-13/h6-12H,4-5H2,1-3H3/t12-/m1/s1. The van der Waals surface area contributed by atoms with Crippen molar-refractivity contribution in [2.75, 3.05) is 13.2 Å². The Morgan fingerprint density at radius 1 is 1.21 bits per heavy atom. The molecule has 1 aromatic heterocycles. The summed E-state index contributed by atoms with van der Waals surface area (Å²) in [6, 6.07) is 8.77. The molecule has 0 unspecified atom stereocenters. The molecule has 0 aliphatic heterocycles. The summed E-state index contributed by atoms with van der Waals surface area (Å²) in [6.45, 7) is 5.18. The van der Waals surface area contributed by atoms with Gasteiger partial charge in [-0.05, 0) is 26.3 Å². The van der Waals surface area contributed by atoms with Crippen LogP contribution in [-0.2, 0) is 19.0 Å². The fraction of sp³-hybridized carbons (Fsp3) is 0.375. The normalized spacial score (nSPS) is 12.8. The molecule has 0 aliphatic rings. The summed E-state index contributed by atoms with van der Waals surface area (Å²) in [7, 11) is -4.08. The average molecular weight is 352 g/mol. The Labute approximate surface area is 141 Å². The molecule has 1 aromatic carbocycles. The van der Waals surface area contributed by atoms with Gasteiger partial charge in [0.2, 0.25) is 0 Å². The number of esters is 1.